The molecule has 0 fully saturated rings. The Hall–Kier alpha value is -7.63. The summed E-state index contributed by atoms with van der Waals surface area (Å²) in [7, 11) is 0. The Bertz CT molecular complexity index is 3160. The second-order valence-corrected chi connectivity index (χ2v) is 14.1. The summed E-state index contributed by atoms with van der Waals surface area (Å²) in [5.74, 6) is 0.691. The van der Waals surface area contributed by atoms with Gasteiger partial charge in [0.1, 0.15) is 0 Å². The third-order valence-electron chi connectivity index (χ3n) is 10.8. The van der Waals surface area contributed by atoms with Crippen LogP contribution in [0.2, 0.25) is 0 Å². The molecule has 0 spiro atoms. The molecule has 0 N–H and O–H groups in total. The van der Waals surface area contributed by atoms with Gasteiger partial charge in [0.25, 0.3) is 0 Å². The highest BCUT2D eigenvalue weighted by Gasteiger charge is 2.19. The Morgan fingerprint density at radius 2 is 0.946 bits per heavy atom. The Morgan fingerprint density at radius 1 is 0.357 bits per heavy atom. The number of hydrogen-bond acceptors (Lipinski definition) is 3. The van der Waals surface area contributed by atoms with Crippen molar-refractivity contribution in [2.24, 2.45) is 0 Å². The minimum atomic E-state index is 0.691. The van der Waals surface area contributed by atoms with Gasteiger partial charge in [0.05, 0.1) is 39.0 Å². The van der Waals surface area contributed by atoms with Crippen molar-refractivity contribution in [3.63, 3.8) is 0 Å². The van der Waals surface area contributed by atoms with Gasteiger partial charge in [0.2, 0.25) is 0 Å². The van der Waals surface area contributed by atoms with E-state index in [1.807, 2.05) is 48.7 Å². The summed E-state index contributed by atoms with van der Waals surface area (Å²) in [6, 6.07) is 68.2. The Balaban J connectivity index is 1.08. The molecule has 0 radical (unpaired) electrons. The van der Waals surface area contributed by atoms with Crippen molar-refractivity contribution in [3.05, 3.63) is 200 Å². The van der Waals surface area contributed by atoms with E-state index in [9.17, 15) is 0 Å². The largest absolute Gasteiger partial charge is 0.309 e. The number of nitrogens with zero attached hydrogens (tertiary/aromatic N) is 5. The standard InChI is InChI=1S/C51H33N5/c1-4-14-34(15-5-1)44-33-45(35-16-6-2-7-17-35)54-51(53-44)36-25-28-39(29-26-36)56-46-23-11-10-20-41(46)42-22-12-21-40(50(42)56)37-27-30-47-43(32-37)49-48(24-13-31-52-49)55(47)38-18-8-3-9-19-38/h1-33H. The monoisotopic (exact) mass is 715 g/mol. The molecule has 5 heteroatoms. The van der Waals surface area contributed by atoms with E-state index >= 15 is 0 Å². The molecule has 262 valence electrons. The van der Waals surface area contributed by atoms with Crippen LogP contribution < -0.4 is 0 Å². The Kier molecular flexibility index (Phi) is 7.42. The summed E-state index contributed by atoms with van der Waals surface area (Å²) in [6.45, 7) is 0. The van der Waals surface area contributed by atoms with Crippen LogP contribution in [-0.2, 0) is 0 Å². The first-order valence-electron chi connectivity index (χ1n) is 18.9. The normalized spacial score (nSPS) is 11.6. The number of fused-ring (bicyclic) bond motifs is 6. The summed E-state index contributed by atoms with van der Waals surface area (Å²) < 4.78 is 4.71. The van der Waals surface area contributed by atoms with Crippen LogP contribution in [0.1, 0.15) is 0 Å². The summed E-state index contributed by atoms with van der Waals surface area (Å²) in [5, 5.41) is 3.54. The van der Waals surface area contributed by atoms with Gasteiger partial charge in [-0.05, 0) is 78.4 Å². The molecule has 11 rings (SSSR count). The van der Waals surface area contributed by atoms with E-state index in [0.29, 0.717) is 5.82 Å². The molecule has 0 bridgehead atoms. The summed E-state index contributed by atoms with van der Waals surface area (Å²) in [6.07, 6.45) is 1.89. The van der Waals surface area contributed by atoms with E-state index in [4.69, 9.17) is 15.0 Å². The van der Waals surface area contributed by atoms with Crippen molar-refractivity contribution < 1.29 is 0 Å². The van der Waals surface area contributed by atoms with Gasteiger partial charge in [-0.3, -0.25) is 4.98 Å². The van der Waals surface area contributed by atoms with Crippen LogP contribution in [0.15, 0.2) is 200 Å². The van der Waals surface area contributed by atoms with E-state index in [-0.39, 0.29) is 0 Å². The SMILES string of the molecule is c1ccc(-c2cc(-c3ccccc3)nc(-c3ccc(-n4c5ccccc5c5cccc(-c6ccc7c(c6)c6ncccc6n7-c6ccccc6)c54)cc3)n2)cc1. The first-order valence-corrected chi connectivity index (χ1v) is 18.9. The molecular formula is C51H33N5. The van der Waals surface area contributed by atoms with E-state index in [2.05, 4.69) is 161 Å². The predicted molar refractivity (Wildman–Crippen MR) is 230 cm³/mol. The molecule has 0 aliphatic rings. The first kappa shape index (κ1) is 31.9. The van der Waals surface area contributed by atoms with Crippen molar-refractivity contribution in [1.29, 1.82) is 0 Å². The maximum atomic E-state index is 5.09. The second-order valence-electron chi connectivity index (χ2n) is 14.1. The summed E-state index contributed by atoms with van der Waals surface area (Å²) >= 11 is 0. The molecule has 0 saturated heterocycles. The van der Waals surface area contributed by atoms with Gasteiger partial charge in [0.15, 0.2) is 5.82 Å². The van der Waals surface area contributed by atoms with Gasteiger partial charge in [-0.2, -0.15) is 0 Å². The average molecular weight is 716 g/mol. The number of hydrogen-bond donors (Lipinski definition) is 0. The maximum absolute atomic E-state index is 5.09. The van der Waals surface area contributed by atoms with Gasteiger partial charge in [-0.1, -0.05) is 121 Å². The van der Waals surface area contributed by atoms with E-state index in [1.165, 1.54) is 10.8 Å². The number of benzene rings is 7. The average Bonchev–Trinajstić information content (AvgIpc) is 3.80. The lowest BCUT2D eigenvalue weighted by atomic mass is 10.0. The van der Waals surface area contributed by atoms with Gasteiger partial charge in [0, 0.05) is 56.0 Å². The second kappa shape index (κ2) is 13.0. The van der Waals surface area contributed by atoms with Crippen LogP contribution >= 0.6 is 0 Å². The molecule has 5 nitrogen and oxygen atoms in total. The lowest BCUT2D eigenvalue weighted by molar-refractivity contribution is 1.16. The Morgan fingerprint density at radius 3 is 1.68 bits per heavy atom. The van der Waals surface area contributed by atoms with Gasteiger partial charge < -0.3 is 9.13 Å². The fourth-order valence-electron chi connectivity index (χ4n) is 8.23. The fraction of sp³-hybridized carbons (Fsp3) is 0. The summed E-state index contributed by atoms with van der Waals surface area (Å²) in [5.41, 5.74) is 14.9. The smallest absolute Gasteiger partial charge is 0.160 e. The van der Waals surface area contributed by atoms with Crippen LogP contribution in [0, 0.1) is 0 Å². The van der Waals surface area contributed by atoms with Crippen molar-refractivity contribution in [3.8, 4) is 56.4 Å². The molecule has 0 unspecified atom stereocenters. The van der Waals surface area contributed by atoms with Crippen LogP contribution in [0.4, 0.5) is 0 Å². The number of rotatable bonds is 6. The van der Waals surface area contributed by atoms with Crippen molar-refractivity contribution in [1.82, 2.24) is 24.1 Å². The first-order chi connectivity index (χ1) is 27.8. The van der Waals surface area contributed by atoms with Gasteiger partial charge in [-0.25, -0.2) is 9.97 Å². The van der Waals surface area contributed by atoms with Crippen LogP contribution in [0.25, 0.3) is 100 Å². The third kappa shape index (κ3) is 5.21. The van der Waals surface area contributed by atoms with Crippen LogP contribution in [-0.4, -0.2) is 24.1 Å². The van der Waals surface area contributed by atoms with Crippen molar-refractivity contribution >= 4 is 43.7 Å². The lowest BCUT2D eigenvalue weighted by Crippen LogP contribution is -1.98. The third-order valence-corrected chi connectivity index (χ3v) is 10.8. The number of para-hydroxylation sites is 3. The molecular weight excluding hydrogens is 683 g/mol. The zero-order valence-corrected chi connectivity index (χ0v) is 30.3. The highest BCUT2D eigenvalue weighted by atomic mass is 15.0. The highest BCUT2D eigenvalue weighted by molar-refractivity contribution is 6.15. The van der Waals surface area contributed by atoms with Crippen LogP contribution in [0.3, 0.4) is 0 Å². The van der Waals surface area contributed by atoms with Crippen molar-refractivity contribution in [2.75, 3.05) is 0 Å². The highest BCUT2D eigenvalue weighted by Crippen LogP contribution is 2.41. The lowest BCUT2D eigenvalue weighted by Gasteiger charge is -2.13. The molecule has 0 saturated carbocycles. The van der Waals surface area contributed by atoms with E-state index in [0.717, 1.165) is 83.5 Å². The molecule has 56 heavy (non-hydrogen) atoms. The molecule has 7 aromatic carbocycles. The molecule has 0 atom stereocenters. The van der Waals surface area contributed by atoms with Gasteiger partial charge in [-0.15, -0.1) is 0 Å². The van der Waals surface area contributed by atoms with Crippen molar-refractivity contribution in [2.45, 2.75) is 0 Å². The minimum absolute atomic E-state index is 0.691. The van der Waals surface area contributed by atoms with E-state index in [1.54, 1.807) is 0 Å². The fourth-order valence-corrected chi connectivity index (χ4v) is 8.23. The quantitative estimate of drug-likeness (QED) is 0.172. The Labute approximate surface area is 323 Å². The molecule has 11 aromatic rings. The molecule has 0 aliphatic heterocycles. The molecule has 0 amide bonds. The summed E-state index contributed by atoms with van der Waals surface area (Å²) in [4.78, 5) is 15.1. The number of aromatic nitrogens is 5. The maximum Gasteiger partial charge on any atom is 0.160 e. The molecule has 0 aliphatic carbocycles. The zero-order chi connectivity index (χ0) is 37.0. The van der Waals surface area contributed by atoms with Crippen LogP contribution in [0.5, 0.6) is 0 Å². The van der Waals surface area contributed by atoms with E-state index < -0.39 is 0 Å². The topological polar surface area (TPSA) is 48.5 Å². The molecule has 4 aromatic heterocycles. The molecule has 4 heterocycles. The zero-order valence-electron chi connectivity index (χ0n) is 30.3. The number of pyridine rings is 1. The minimum Gasteiger partial charge on any atom is -0.309 e. The van der Waals surface area contributed by atoms with Gasteiger partial charge >= 0.3 is 0 Å². The predicted octanol–water partition coefficient (Wildman–Crippen LogP) is 12.7.